The van der Waals surface area contributed by atoms with Gasteiger partial charge in [-0.2, -0.15) is 0 Å². The Kier molecular flexibility index (Phi) is 4.94. The predicted octanol–water partition coefficient (Wildman–Crippen LogP) is 5.17. The molecule has 5 heteroatoms. The molecule has 1 saturated heterocycles. The molecule has 0 saturated carbocycles. The van der Waals surface area contributed by atoms with Crippen molar-refractivity contribution in [2.45, 2.75) is 25.3 Å². The Morgan fingerprint density at radius 1 is 0.968 bits per heavy atom. The molecule has 1 aromatic heterocycles. The smallest absolute Gasteiger partial charge is 0.227 e. The van der Waals surface area contributed by atoms with E-state index in [0.717, 1.165) is 28.3 Å². The lowest BCUT2D eigenvalue weighted by Crippen LogP contribution is -2.24. The van der Waals surface area contributed by atoms with Gasteiger partial charge >= 0.3 is 0 Å². The van der Waals surface area contributed by atoms with Gasteiger partial charge in [0.15, 0.2) is 0 Å². The van der Waals surface area contributed by atoms with Crippen LogP contribution in [0.15, 0.2) is 78.9 Å². The van der Waals surface area contributed by atoms with E-state index < -0.39 is 0 Å². The van der Waals surface area contributed by atoms with Crippen LogP contribution in [0.5, 0.6) is 5.75 Å². The molecule has 0 aliphatic carbocycles. The number of carbonyl (C=O) groups is 1. The SMILES string of the molecule is COc1ccc(N2CC(c3nc4ccccc4n3C(C)c3ccccc3)CC2=O)cc1. The average molecular weight is 412 g/mol. The Morgan fingerprint density at radius 3 is 2.42 bits per heavy atom. The van der Waals surface area contributed by atoms with Crippen molar-refractivity contribution in [3.63, 3.8) is 0 Å². The lowest BCUT2D eigenvalue weighted by Gasteiger charge is -2.21. The van der Waals surface area contributed by atoms with Crippen molar-refractivity contribution in [1.82, 2.24) is 9.55 Å². The van der Waals surface area contributed by atoms with Crippen molar-refractivity contribution in [3.8, 4) is 5.75 Å². The summed E-state index contributed by atoms with van der Waals surface area (Å²) in [5.74, 6) is 1.92. The second-order valence-electron chi connectivity index (χ2n) is 8.02. The maximum absolute atomic E-state index is 12.9. The second-order valence-corrected chi connectivity index (χ2v) is 8.02. The Labute approximate surface area is 181 Å². The number of hydrogen-bond donors (Lipinski definition) is 0. The molecular formula is C26H25N3O2. The monoisotopic (exact) mass is 411 g/mol. The summed E-state index contributed by atoms with van der Waals surface area (Å²) in [4.78, 5) is 19.8. The third kappa shape index (κ3) is 3.46. The number of hydrogen-bond acceptors (Lipinski definition) is 3. The minimum Gasteiger partial charge on any atom is -0.497 e. The number of fused-ring (bicyclic) bond motifs is 1. The lowest BCUT2D eigenvalue weighted by atomic mass is 10.0. The van der Waals surface area contributed by atoms with Gasteiger partial charge in [0.2, 0.25) is 5.91 Å². The van der Waals surface area contributed by atoms with E-state index in [2.05, 4.69) is 41.8 Å². The highest BCUT2D eigenvalue weighted by Crippen LogP contribution is 2.36. The van der Waals surface area contributed by atoms with Crippen molar-refractivity contribution in [3.05, 3.63) is 90.3 Å². The third-order valence-electron chi connectivity index (χ3n) is 6.17. The number of rotatable bonds is 5. The summed E-state index contributed by atoms with van der Waals surface area (Å²) in [5.41, 5.74) is 4.19. The maximum atomic E-state index is 12.9. The lowest BCUT2D eigenvalue weighted by molar-refractivity contribution is -0.117. The first kappa shape index (κ1) is 19.4. The van der Waals surface area contributed by atoms with E-state index >= 15 is 0 Å². The first-order valence-corrected chi connectivity index (χ1v) is 10.6. The fourth-order valence-electron chi connectivity index (χ4n) is 4.53. The van der Waals surface area contributed by atoms with Crippen molar-refractivity contribution in [2.75, 3.05) is 18.6 Å². The molecule has 31 heavy (non-hydrogen) atoms. The molecule has 2 atom stereocenters. The minimum absolute atomic E-state index is 0.0353. The molecule has 4 aromatic rings. The summed E-state index contributed by atoms with van der Waals surface area (Å²) in [7, 11) is 1.64. The molecule has 0 radical (unpaired) electrons. The van der Waals surface area contributed by atoms with Crippen LogP contribution in [-0.2, 0) is 4.79 Å². The molecule has 2 heterocycles. The molecule has 2 unspecified atom stereocenters. The number of amides is 1. The number of benzene rings is 3. The van der Waals surface area contributed by atoms with Crippen LogP contribution in [0.4, 0.5) is 5.69 Å². The van der Waals surface area contributed by atoms with Crippen LogP contribution in [0.1, 0.15) is 36.7 Å². The normalized spacial score (nSPS) is 17.3. The Hall–Kier alpha value is -3.60. The Balaban J connectivity index is 1.53. The first-order chi connectivity index (χ1) is 15.2. The highest BCUT2D eigenvalue weighted by atomic mass is 16.5. The van der Waals surface area contributed by atoms with Crippen LogP contribution < -0.4 is 9.64 Å². The van der Waals surface area contributed by atoms with E-state index in [0.29, 0.717) is 13.0 Å². The molecule has 0 N–H and O–H groups in total. The third-order valence-corrected chi connectivity index (χ3v) is 6.17. The first-order valence-electron chi connectivity index (χ1n) is 10.6. The number of anilines is 1. The van der Waals surface area contributed by atoms with Gasteiger partial charge in [0.25, 0.3) is 0 Å². The molecule has 0 bridgehead atoms. The largest absolute Gasteiger partial charge is 0.497 e. The average Bonchev–Trinajstić information content (AvgIpc) is 3.40. The molecule has 5 nitrogen and oxygen atoms in total. The molecule has 1 amide bonds. The number of carbonyl (C=O) groups excluding carboxylic acids is 1. The molecule has 156 valence electrons. The molecule has 5 rings (SSSR count). The maximum Gasteiger partial charge on any atom is 0.227 e. The zero-order valence-electron chi connectivity index (χ0n) is 17.7. The van der Waals surface area contributed by atoms with Crippen molar-refractivity contribution in [1.29, 1.82) is 0 Å². The summed E-state index contributed by atoms with van der Waals surface area (Å²) in [6.07, 6.45) is 0.455. The van der Waals surface area contributed by atoms with Crippen LogP contribution in [0.3, 0.4) is 0 Å². The van der Waals surface area contributed by atoms with E-state index in [1.54, 1.807) is 7.11 Å². The highest BCUT2D eigenvalue weighted by Gasteiger charge is 2.35. The second kappa shape index (κ2) is 7.91. The molecule has 3 aromatic carbocycles. The summed E-state index contributed by atoms with van der Waals surface area (Å²) in [5, 5.41) is 0. The van der Waals surface area contributed by atoms with E-state index in [-0.39, 0.29) is 17.9 Å². The van der Waals surface area contributed by atoms with E-state index in [4.69, 9.17) is 9.72 Å². The predicted molar refractivity (Wildman–Crippen MR) is 123 cm³/mol. The van der Waals surface area contributed by atoms with Crippen LogP contribution in [-0.4, -0.2) is 29.1 Å². The van der Waals surface area contributed by atoms with Gasteiger partial charge in [-0.3, -0.25) is 4.79 Å². The molecule has 1 aliphatic heterocycles. The Morgan fingerprint density at radius 2 is 1.68 bits per heavy atom. The van der Waals surface area contributed by atoms with Gasteiger partial charge in [-0.1, -0.05) is 42.5 Å². The topological polar surface area (TPSA) is 47.4 Å². The van der Waals surface area contributed by atoms with Gasteiger partial charge in [0.05, 0.1) is 24.2 Å². The van der Waals surface area contributed by atoms with Gasteiger partial charge in [0.1, 0.15) is 11.6 Å². The highest BCUT2D eigenvalue weighted by molar-refractivity contribution is 5.96. The number of ether oxygens (including phenoxy) is 1. The molecular weight excluding hydrogens is 386 g/mol. The zero-order chi connectivity index (χ0) is 21.4. The minimum atomic E-state index is 0.0353. The summed E-state index contributed by atoms with van der Waals surface area (Å²) < 4.78 is 7.56. The van der Waals surface area contributed by atoms with E-state index in [9.17, 15) is 4.79 Å². The van der Waals surface area contributed by atoms with Gasteiger partial charge in [0, 0.05) is 24.6 Å². The van der Waals surface area contributed by atoms with Gasteiger partial charge in [-0.05, 0) is 48.9 Å². The van der Waals surface area contributed by atoms with E-state index in [1.165, 1.54) is 5.56 Å². The van der Waals surface area contributed by atoms with Crippen LogP contribution >= 0.6 is 0 Å². The van der Waals surface area contributed by atoms with E-state index in [1.807, 2.05) is 53.4 Å². The number of nitrogens with zero attached hydrogens (tertiary/aromatic N) is 3. The number of para-hydroxylation sites is 2. The molecule has 1 aliphatic rings. The van der Waals surface area contributed by atoms with Crippen molar-refractivity contribution in [2.24, 2.45) is 0 Å². The quantitative estimate of drug-likeness (QED) is 0.455. The fraction of sp³-hybridized carbons (Fsp3) is 0.231. The fourth-order valence-corrected chi connectivity index (χ4v) is 4.53. The van der Waals surface area contributed by atoms with Crippen molar-refractivity contribution < 1.29 is 9.53 Å². The number of methoxy groups -OCH3 is 1. The van der Waals surface area contributed by atoms with Crippen LogP contribution in [0.2, 0.25) is 0 Å². The number of imidazole rings is 1. The van der Waals surface area contributed by atoms with Gasteiger partial charge < -0.3 is 14.2 Å². The number of aromatic nitrogens is 2. The van der Waals surface area contributed by atoms with Crippen LogP contribution in [0, 0.1) is 0 Å². The van der Waals surface area contributed by atoms with Gasteiger partial charge in [-0.15, -0.1) is 0 Å². The summed E-state index contributed by atoms with van der Waals surface area (Å²) in [6, 6.07) is 26.5. The standard InChI is InChI=1S/C26H25N3O2/c1-18(19-8-4-3-5-9-19)29-24-11-7-6-10-23(24)27-26(29)20-16-25(30)28(17-20)21-12-14-22(31-2)15-13-21/h3-15,18,20H,16-17H2,1-2H3. The van der Waals surface area contributed by atoms with Crippen molar-refractivity contribution >= 4 is 22.6 Å². The summed E-state index contributed by atoms with van der Waals surface area (Å²) in [6.45, 7) is 2.82. The Bertz CT molecular complexity index is 1210. The zero-order valence-corrected chi connectivity index (χ0v) is 17.7. The van der Waals surface area contributed by atoms with Crippen LogP contribution in [0.25, 0.3) is 11.0 Å². The molecule has 0 spiro atoms. The molecule has 1 fully saturated rings. The van der Waals surface area contributed by atoms with Gasteiger partial charge in [-0.25, -0.2) is 4.98 Å². The summed E-state index contributed by atoms with van der Waals surface area (Å²) >= 11 is 0.